The normalized spacial score (nSPS) is 31.5. The van der Waals surface area contributed by atoms with Crippen LogP contribution in [-0.2, 0) is 39.6 Å². The summed E-state index contributed by atoms with van der Waals surface area (Å²) in [7, 11) is -1.15. The Labute approximate surface area is 269 Å². The largest absolute Gasteiger partial charge is 0.582 e. The number of H-pyrrole nitrogens is 1. The summed E-state index contributed by atoms with van der Waals surface area (Å²) in [5.41, 5.74) is 8.24. The van der Waals surface area contributed by atoms with Crippen molar-refractivity contribution in [3.63, 3.8) is 0 Å². The molecule has 10 atom stereocenters. The number of nitrogen functional groups attached to an aromatic ring is 2. The van der Waals surface area contributed by atoms with Gasteiger partial charge < -0.3 is 40.2 Å². The van der Waals surface area contributed by atoms with Crippen LogP contribution in [-0.4, -0.2) is 105 Å². The van der Waals surface area contributed by atoms with E-state index in [0.29, 0.717) is 11.2 Å². The number of imidazole rings is 2. The third-order valence-electron chi connectivity index (χ3n) is 7.81. The van der Waals surface area contributed by atoms with Crippen LogP contribution in [0.15, 0.2) is 23.8 Å². The lowest BCUT2D eigenvalue weighted by atomic mass is 9.98. The Balaban J connectivity index is 1.33. The highest BCUT2D eigenvalue weighted by Crippen LogP contribution is 2.59. The summed E-state index contributed by atoms with van der Waals surface area (Å²) in [5, 5.41) is 9.83. The lowest BCUT2D eigenvalue weighted by Crippen LogP contribution is -2.45. The van der Waals surface area contributed by atoms with Gasteiger partial charge in [-0.25, -0.2) is 24.3 Å². The number of fused-ring (bicyclic) bond motifs is 2. The first-order valence-corrected chi connectivity index (χ1v) is 18.4. The summed E-state index contributed by atoms with van der Waals surface area (Å²) in [6.07, 6.45) is -4.19. The fourth-order valence-corrected chi connectivity index (χ4v) is 9.03. The van der Waals surface area contributed by atoms with E-state index in [1.54, 1.807) is 0 Å². The molecule has 2 unspecified atom stereocenters. The minimum Gasteiger partial charge on any atom is -0.394 e. The number of ether oxygens (including phenoxy) is 3. The third-order valence-corrected chi connectivity index (χ3v) is 11.3. The Morgan fingerprint density at radius 3 is 2.59 bits per heavy atom. The van der Waals surface area contributed by atoms with Crippen molar-refractivity contribution in [3.8, 4) is 0 Å². The topological polar surface area (TPSA) is 263 Å². The first kappa shape index (κ1) is 33.2. The van der Waals surface area contributed by atoms with Gasteiger partial charge in [-0.3, -0.25) is 18.9 Å². The van der Waals surface area contributed by atoms with Gasteiger partial charge in [0.15, 0.2) is 47.7 Å². The minimum atomic E-state index is -4.25. The molecule has 7 N–H and O–H groups in total. The van der Waals surface area contributed by atoms with Crippen molar-refractivity contribution in [1.29, 1.82) is 0 Å². The Morgan fingerprint density at radius 2 is 1.91 bits per heavy atom. The summed E-state index contributed by atoms with van der Waals surface area (Å²) in [5.74, 6) is -0.122. The number of aromatic amines is 1. The lowest BCUT2D eigenvalue weighted by molar-refractivity contribution is -0.108. The summed E-state index contributed by atoms with van der Waals surface area (Å²) in [6.45, 7) is -4.01. The molecule has 2 aliphatic rings. The highest BCUT2D eigenvalue weighted by molar-refractivity contribution is 8.39. The van der Waals surface area contributed by atoms with Crippen LogP contribution in [0.2, 0.25) is 0 Å². The van der Waals surface area contributed by atoms with E-state index < -0.39 is 80.7 Å². The van der Waals surface area contributed by atoms with E-state index >= 15 is 4.39 Å². The molecule has 0 saturated carbocycles. The highest BCUT2D eigenvalue weighted by Gasteiger charge is 2.60. The number of rotatable bonds is 10. The number of alkyl halides is 1. The van der Waals surface area contributed by atoms with Gasteiger partial charge in [-0.05, 0) is 23.3 Å². The maximum absolute atomic E-state index is 15.9. The quantitative estimate of drug-likeness (QED) is 0.0951. The van der Waals surface area contributed by atoms with Crippen molar-refractivity contribution in [2.75, 3.05) is 31.8 Å². The third kappa shape index (κ3) is 5.60. The smallest absolute Gasteiger partial charge is 0.394 e. The molecule has 6 rings (SSSR count). The van der Waals surface area contributed by atoms with E-state index in [0.717, 1.165) is 6.33 Å². The monoisotopic (exact) mass is 721 g/mol. The zero-order valence-corrected chi connectivity index (χ0v) is 27.4. The molecular formula is C22H28FN10O9P2S2+. The van der Waals surface area contributed by atoms with E-state index in [2.05, 4.69) is 42.2 Å². The van der Waals surface area contributed by atoms with E-state index in [9.17, 15) is 19.4 Å². The predicted octanol–water partition coefficient (Wildman–Crippen LogP) is 0.314. The van der Waals surface area contributed by atoms with E-state index in [4.69, 9.17) is 46.5 Å². The van der Waals surface area contributed by atoms with Crippen LogP contribution in [0, 0.1) is 0 Å². The molecule has 46 heavy (non-hydrogen) atoms. The summed E-state index contributed by atoms with van der Waals surface area (Å²) in [4.78, 5) is 46.8. The SMILES string of the molecule is CO[C@H]1[C@H](n2cnc3c(N)ncnc32)O[C@](C)(COP(O)(=S)[C@@H]2[C@H](F)[C@@H](CO)O[C@H]2n2cnc3c(=O)[nH]c(N)nc32)[C@H]1O[P+](=O)S. The molecule has 0 radical (unpaired) electrons. The van der Waals surface area contributed by atoms with Gasteiger partial charge in [-0.15, -0.1) is 4.52 Å². The van der Waals surface area contributed by atoms with Crippen LogP contribution in [0.5, 0.6) is 0 Å². The van der Waals surface area contributed by atoms with Crippen molar-refractivity contribution in [1.82, 2.24) is 39.0 Å². The summed E-state index contributed by atoms with van der Waals surface area (Å²) >= 11 is 9.42. The van der Waals surface area contributed by atoms with Gasteiger partial charge in [0.05, 0.1) is 25.9 Å². The number of hydrogen-bond acceptors (Lipinski definition) is 16. The van der Waals surface area contributed by atoms with Gasteiger partial charge in [-0.2, -0.15) is 4.98 Å². The molecular weight excluding hydrogens is 693 g/mol. The van der Waals surface area contributed by atoms with Crippen molar-refractivity contribution in [2.24, 2.45) is 0 Å². The van der Waals surface area contributed by atoms with Crippen LogP contribution in [0.4, 0.5) is 16.2 Å². The van der Waals surface area contributed by atoms with Crippen LogP contribution in [0.3, 0.4) is 0 Å². The van der Waals surface area contributed by atoms with Gasteiger partial charge in [0.1, 0.15) is 53.7 Å². The number of hydrogen-bond donors (Lipinski definition) is 6. The Morgan fingerprint density at radius 1 is 1.22 bits per heavy atom. The first-order chi connectivity index (χ1) is 21.8. The molecule has 6 heterocycles. The number of nitrogens with one attached hydrogen (secondary N) is 1. The number of thiol groups is 1. The number of aliphatic hydroxyl groups excluding tert-OH is 1. The first-order valence-electron chi connectivity index (χ1n) is 13.4. The molecule has 248 valence electrons. The minimum absolute atomic E-state index is 0.0723. The fourth-order valence-electron chi connectivity index (χ4n) is 5.67. The molecule has 0 aromatic carbocycles. The maximum Gasteiger partial charge on any atom is 0.582 e. The number of nitrogens with two attached hydrogens (primary N) is 2. The molecule has 2 fully saturated rings. The molecule has 0 amide bonds. The summed E-state index contributed by atoms with van der Waals surface area (Å²) in [6, 6.07) is 0. The second-order valence-corrected chi connectivity index (χ2v) is 15.9. The molecule has 0 bridgehead atoms. The molecule has 2 saturated heterocycles. The van der Waals surface area contributed by atoms with Crippen molar-refractivity contribution in [3.05, 3.63) is 29.3 Å². The predicted molar refractivity (Wildman–Crippen MR) is 165 cm³/mol. The molecule has 0 aliphatic carbocycles. The van der Waals surface area contributed by atoms with Crippen molar-refractivity contribution < 1.29 is 42.2 Å². The van der Waals surface area contributed by atoms with Gasteiger partial charge in [-0.1, -0.05) is 0 Å². The van der Waals surface area contributed by atoms with Gasteiger partial charge in [0.2, 0.25) is 5.95 Å². The number of nitrogens with zero attached hydrogens (tertiary/aromatic N) is 7. The molecule has 4 aromatic rings. The lowest BCUT2D eigenvalue weighted by Gasteiger charge is -2.33. The second-order valence-electron chi connectivity index (χ2n) is 10.7. The highest BCUT2D eigenvalue weighted by atomic mass is 32.7. The van der Waals surface area contributed by atoms with E-state index in [-0.39, 0.29) is 22.9 Å². The molecule has 2 aliphatic heterocycles. The van der Waals surface area contributed by atoms with Crippen LogP contribution in [0.1, 0.15) is 19.4 Å². The van der Waals surface area contributed by atoms with Crippen molar-refractivity contribution >= 4 is 71.9 Å². The zero-order valence-electron chi connectivity index (χ0n) is 23.9. The standard InChI is InChI=1S/C22H27FN10O9P2S2/c1-22(14(42-43(36)45)12(38-2)19(41-22)32-6-28-10-15(24)26-5-27-16(10)32)4-39-44(37,46)13-9(23)8(3-34)40-20(13)33-7-29-11-17(33)30-21(25)31-18(11)35/h5-9,12-14,19-20,34H,3-4H2,1-2H3,(H6-,24,25,26,27,30,31,35,36,37,45,46)/p+1/t8-,9-,12-,13-,14+,19-,20-,22-,44?/m1/s1. The van der Waals surface area contributed by atoms with Gasteiger partial charge >= 0.3 is 7.23 Å². The Kier molecular flexibility index (Phi) is 8.91. The van der Waals surface area contributed by atoms with Gasteiger partial charge in [0.25, 0.3) is 5.56 Å². The van der Waals surface area contributed by atoms with Gasteiger partial charge in [0, 0.05) is 7.11 Å². The van der Waals surface area contributed by atoms with E-state index in [1.165, 1.54) is 35.8 Å². The number of aromatic nitrogens is 8. The Hall–Kier alpha value is -2.75. The van der Waals surface area contributed by atoms with Crippen molar-refractivity contribution in [2.45, 2.75) is 55.1 Å². The average molecular weight is 722 g/mol. The molecule has 24 heteroatoms. The van der Waals surface area contributed by atoms with Crippen LogP contribution in [0.25, 0.3) is 22.3 Å². The molecule has 0 spiro atoms. The summed E-state index contributed by atoms with van der Waals surface area (Å²) < 4.78 is 60.2. The average Bonchev–Trinajstić information content (AvgIpc) is 3.75. The number of anilines is 2. The number of halogens is 1. The number of methoxy groups -OCH3 is 1. The van der Waals surface area contributed by atoms with E-state index in [1.807, 2.05) is 0 Å². The molecule has 4 aromatic heterocycles. The second kappa shape index (κ2) is 12.4. The van der Waals surface area contributed by atoms with Crippen LogP contribution >= 0.6 is 26.0 Å². The molecule has 19 nitrogen and oxygen atoms in total. The Bertz CT molecular complexity index is 1920. The zero-order chi connectivity index (χ0) is 33.1. The van der Waals surface area contributed by atoms with Crippen LogP contribution < -0.4 is 17.0 Å². The fraction of sp³-hybridized carbons (Fsp3) is 0.545. The number of aliphatic hydroxyl groups is 1. The maximum atomic E-state index is 15.9.